The first-order chi connectivity index (χ1) is 29.1. The van der Waals surface area contributed by atoms with Crippen molar-refractivity contribution >= 4 is 63.1 Å². The zero-order valence-corrected chi connectivity index (χ0v) is 34.4. The lowest BCUT2D eigenvalue weighted by molar-refractivity contribution is 0.632. The molecule has 7 aromatic carbocycles. The highest BCUT2D eigenvalue weighted by Crippen LogP contribution is 2.53. The Balaban J connectivity index is 1.14. The SMILES string of the molecule is C=C(Nc1ccccc1)/C(C=N)=N\C(=C(/N)c1ccc(N2c3ccccc3C(C)(C)c3ccccc32)cc1)c1ccc(N2c3ccccc3C(C)(C)c3ccccc32)cc1. The summed E-state index contributed by atoms with van der Waals surface area (Å²) in [6.45, 7) is 13.4. The van der Waals surface area contributed by atoms with Crippen molar-refractivity contribution in [1.82, 2.24) is 0 Å². The molecule has 6 nitrogen and oxygen atoms in total. The highest BCUT2D eigenvalue weighted by atomic mass is 15.2. The van der Waals surface area contributed by atoms with Crippen molar-refractivity contribution in [2.45, 2.75) is 38.5 Å². The second-order valence-corrected chi connectivity index (χ2v) is 16.5. The molecule has 2 aliphatic rings. The molecule has 2 aliphatic heterocycles. The van der Waals surface area contributed by atoms with Gasteiger partial charge in [-0.1, -0.05) is 150 Å². The first kappa shape index (κ1) is 38.1. The molecule has 0 saturated carbocycles. The van der Waals surface area contributed by atoms with E-state index in [9.17, 15) is 0 Å². The summed E-state index contributed by atoms with van der Waals surface area (Å²) in [5.41, 5.74) is 23.0. The molecule has 6 heteroatoms. The number of nitrogens with one attached hydrogen (secondary N) is 2. The molecule has 0 atom stereocenters. The van der Waals surface area contributed by atoms with Crippen LogP contribution < -0.4 is 20.9 Å². The Bertz CT molecular complexity index is 2730. The third kappa shape index (κ3) is 6.47. The van der Waals surface area contributed by atoms with Crippen molar-refractivity contribution in [3.8, 4) is 0 Å². The van der Waals surface area contributed by atoms with E-state index in [1.165, 1.54) is 28.5 Å². The predicted molar refractivity (Wildman–Crippen MR) is 253 cm³/mol. The Labute approximate surface area is 353 Å². The van der Waals surface area contributed by atoms with Gasteiger partial charge in [0.25, 0.3) is 0 Å². The zero-order valence-electron chi connectivity index (χ0n) is 34.4. The highest BCUT2D eigenvalue weighted by molar-refractivity contribution is 6.38. The molecule has 0 bridgehead atoms. The van der Waals surface area contributed by atoms with Gasteiger partial charge in [0, 0.05) is 39.7 Å². The number of nitrogens with zero attached hydrogens (tertiary/aromatic N) is 3. The largest absolute Gasteiger partial charge is 0.396 e. The fourth-order valence-corrected chi connectivity index (χ4v) is 8.94. The van der Waals surface area contributed by atoms with E-state index in [0.29, 0.717) is 22.8 Å². The molecular formula is C54H48N6. The standard InChI is InChI=1S/C54H48N6/c1-36(57-39-17-7-6-8-18-39)46(35-55)58-52(38-29-33-41(34-30-38)60-49-25-15-11-21-44(49)54(4,5)45-22-12-16-26-50(45)60)51(56)37-27-31-40(32-28-37)59-47-23-13-9-19-42(47)53(2,3)43-20-10-14-24-48(43)59/h6-35,55,57H,1,56H2,2-5H3/b52-51-,55-35?,58-46-. The van der Waals surface area contributed by atoms with Gasteiger partial charge in [0.15, 0.2) is 0 Å². The molecule has 0 unspecified atom stereocenters. The maximum absolute atomic E-state index is 8.45. The van der Waals surface area contributed by atoms with Gasteiger partial charge in [0.2, 0.25) is 0 Å². The summed E-state index contributed by atoms with van der Waals surface area (Å²) in [5.74, 6) is 0. The molecule has 0 spiro atoms. The summed E-state index contributed by atoms with van der Waals surface area (Å²) in [5, 5.41) is 11.8. The van der Waals surface area contributed by atoms with Gasteiger partial charge in [-0.05, 0) is 88.5 Å². The minimum atomic E-state index is -0.158. The van der Waals surface area contributed by atoms with E-state index in [1.54, 1.807) is 0 Å². The number of aliphatic imine (C=N–C) groups is 1. The molecule has 0 saturated heterocycles. The highest BCUT2D eigenvalue weighted by Gasteiger charge is 2.38. The fourth-order valence-electron chi connectivity index (χ4n) is 8.94. The maximum atomic E-state index is 8.45. The van der Waals surface area contributed by atoms with Crippen molar-refractivity contribution in [1.29, 1.82) is 5.41 Å². The van der Waals surface area contributed by atoms with E-state index >= 15 is 0 Å². The van der Waals surface area contributed by atoms with Crippen LogP contribution in [0, 0.1) is 5.41 Å². The van der Waals surface area contributed by atoms with Gasteiger partial charge >= 0.3 is 0 Å². The lowest BCUT2D eigenvalue weighted by Crippen LogP contribution is -2.30. The van der Waals surface area contributed by atoms with E-state index < -0.39 is 0 Å². The van der Waals surface area contributed by atoms with Crippen molar-refractivity contribution in [2.24, 2.45) is 10.7 Å². The van der Waals surface area contributed by atoms with Crippen molar-refractivity contribution in [2.75, 3.05) is 15.1 Å². The van der Waals surface area contributed by atoms with Gasteiger partial charge in [-0.15, -0.1) is 0 Å². The second-order valence-electron chi connectivity index (χ2n) is 16.5. The van der Waals surface area contributed by atoms with Gasteiger partial charge in [-0.2, -0.15) is 0 Å². The average Bonchev–Trinajstić information content (AvgIpc) is 3.28. The molecule has 0 fully saturated rings. The molecular weight excluding hydrogens is 733 g/mol. The quantitative estimate of drug-likeness (QED) is 0.101. The first-order valence-corrected chi connectivity index (χ1v) is 20.4. The van der Waals surface area contributed by atoms with E-state index in [1.807, 2.05) is 30.3 Å². The van der Waals surface area contributed by atoms with Crippen LogP contribution in [-0.4, -0.2) is 11.9 Å². The van der Waals surface area contributed by atoms with Gasteiger partial charge in [-0.25, -0.2) is 4.99 Å². The molecule has 0 amide bonds. The number of hydrogen-bond donors (Lipinski definition) is 3. The normalized spacial score (nSPS) is 15.1. The molecule has 7 aromatic rings. The minimum Gasteiger partial charge on any atom is -0.396 e. The topological polar surface area (TPSA) is 80.7 Å². The minimum absolute atomic E-state index is 0.150. The van der Waals surface area contributed by atoms with Gasteiger partial charge < -0.3 is 26.3 Å². The van der Waals surface area contributed by atoms with Crippen LogP contribution >= 0.6 is 0 Å². The Morgan fingerprint density at radius 2 is 0.900 bits per heavy atom. The first-order valence-electron chi connectivity index (χ1n) is 20.4. The van der Waals surface area contributed by atoms with Crippen LogP contribution in [0.25, 0.3) is 11.4 Å². The summed E-state index contributed by atoms with van der Waals surface area (Å²) in [6.07, 6.45) is 1.22. The Morgan fingerprint density at radius 1 is 0.533 bits per heavy atom. The third-order valence-electron chi connectivity index (χ3n) is 12.1. The van der Waals surface area contributed by atoms with Crippen LogP contribution in [0.2, 0.25) is 0 Å². The number of anilines is 7. The summed E-state index contributed by atoms with van der Waals surface area (Å²) in [4.78, 5) is 9.77. The number of benzene rings is 7. The van der Waals surface area contributed by atoms with Crippen LogP contribution in [-0.2, 0) is 10.8 Å². The maximum Gasteiger partial charge on any atom is 0.104 e. The van der Waals surface area contributed by atoms with Crippen LogP contribution in [0.3, 0.4) is 0 Å². The molecule has 2 heterocycles. The summed E-state index contributed by atoms with van der Waals surface area (Å²) >= 11 is 0. The van der Waals surface area contributed by atoms with Gasteiger partial charge in [0.1, 0.15) is 5.71 Å². The number of rotatable bonds is 9. The van der Waals surface area contributed by atoms with Crippen molar-refractivity contribution in [3.05, 3.63) is 222 Å². The van der Waals surface area contributed by atoms with E-state index in [0.717, 1.165) is 50.9 Å². The monoisotopic (exact) mass is 780 g/mol. The number of hydrogen-bond acceptors (Lipinski definition) is 6. The Morgan fingerprint density at radius 3 is 1.30 bits per heavy atom. The summed E-state index contributed by atoms with van der Waals surface area (Å²) in [6, 6.07) is 61.1. The van der Waals surface area contributed by atoms with E-state index in [4.69, 9.17) is 16.1 Å². The molecule has 294 valence electrons. The molecule has 4 N–H and O–H groups in total. The number of para-hydroxylation sites is 5. The fraction of sp³-hybridized carbons (Fsp3) is 0.111. The van der Waals surface area contributed by atoms with Crippen molar-refractivity contribution < 1.29 is 0 Å². The lowest BCUT2D eigenvalue weighted by Gasteiger charge is -2.42. The van der Waals surface area contributed by atoms with Gasteiger partial charge in [-0.3, -0.25) is 0 Å². The number of allylic oxidation sites excluding steroid dienone is 1. The predicted octanol–water partition coefficient (Wildman–Crippen LogP) is 13.4. The average molecular weight is 781 g/mol. The van der Waals surface area contributed by atoms with E-state index in [2.05, 4.69) is 195 Å². The number of fused-ring (bicyclic) bond motifs is 4. The van der Waals surface area contributed by atoms with Crippen LogP contribution in [0.15, 0.2) is 193 Å². The third-order valence-corrected chi connectivity index (χ3v) is 12.1. The molecule has 0 aliphatic carbocycles. The molecule has 60 heavy (non-hydrogen) atoms. The van der Waals surface area contributed by atoms with Crippen LogP contribution in [0.4, 0.5) is 39.8 Å². The smallest absolute Gasteiger partial charge is 0.104 e. The number of nitrogens with two attached hydrogens (primary N) is 1. The summed E-state index contributed by atoms with van der Waals surface area (Å²) in [7, 11) is 0. The zero-order chi connectivity index (χ0) is 41.6. The Kier molecular flexibility index (Phi) is 9.56. The Hall–Kier alpha value is -7.44. The molecule has 9 rings (SSSR count). The van der Waals surface area contributed by atoms with Crippen molar-refractivity contribution in [3.63, 3.8) is 0 Å². The molecule has 0 aromatic heterocycles. The summed E-state index contributed by atoms with van der Waals surface area (Å²) < 4.78 is 0. The van der Waals surface area contributed by atoms with Crippen LogP contribution in [0.5, 0.6) is 0 Å². The van der Waals surface area contributed by atoms with E-state index in [-0.39, 0.29) is 10.8 Å². The molecule has 0 radical (unpaired) electrons. The lowest BCUT2D eigenvalue weighted by atomic mass is 9.73. The van der Waals surface area contributed by atoms with Gasteiger partial charge in [0.05, 0.1) is 39.8 Å². The van der Waals surface area contributed by atoms with Crippen LogP contribution in [0.1, 0.15) is 61.1 Å². The second kappa shape index (κ2) is 15.1.